The van der Waals surface area contributed by atoms with E-state index in [0.717, 1.165) is 51.4 Å². The van der Waals surface area contributed by atoms with Gasteiger partial charge in [0.05, 0.1) is 0 Å². The molecular weight excluding hydrogens is 727 g/mol. The maximum absolute atomic E-state index is 12.8. The second-order valence-corrected chi connectivity index (χ2v) is 15.9. The van der Waals surface area contributed by atoms with E-state index in [0.29, 0.717) is 24.3 Å². The summed E-state index contributed by atoms with van der Waals surface area (Å²) >= 11 is 6.74. The van der Waals surface area contributed by atoms with Gasteiger partial charge in [-0.25, -0.2) is 0 Å². The Morgan fingerprint density at radius 2 is 0.766 bits per heavy atom. The number of unbranched alkanes of at least 4 members (excludes halogenated alkanes) is 20. The van der Waals surface area contributed by atoms with Gasteiger partial charge in [0.15, 0.2) is 0 Å². The Labute approximate surface area is 314 Å². The van der Waals surface area contributed by atoms with E-state index in [4.69, 9.17) is 6.15 Å². The van der Waals surface area contributed by atoms with E-state index in [1.54, 1.807) is 0 Å². The first-order chi connectivity index (χ1) is 23.1. The number of allylic oxidation sites excluding steroid dienone is 4. The van der Waals surface area contributed by atoms with Crippen LogP contribution >= 0.6 is 25.3 Å². The molecule has 274 valence electrons. The predicted molar refractivity (Wildman–Crippen MR) is 212 cm³/mol. The summed E-state index contributed by atoms with van der Waals surface area (Å²) in [5, 5.41) is 0. The number of hydrogen-bond donors (Lipinski definition) is 2. The van der Waals surface area contributed by atoms with Crippen molar-refractivity contribution < 1.29 is 15.7 Å². The third kappa shape index (κ3) is 32.9. The smallest absolute Gasteiger partial charge is 0.0654 e. The molecule has 0 spiro atoms. The summed E-state index contributed by atoms with van der Waals surface area (Å²) in [5.41, 5.74) is 0. The molecule has 0 aromatic heterocycles. The molecule has 0 aliphatic heterocycles. The number of thiol groups is 2. The Hall–Kier alpha value is -0.0813. The van der Waals surface area contributed by atoms with E-state index < -0.39 is 22.0 Å². The van der Waals surface area contributed by atoms with Crippen molar-refractivity contribution in [1.29, 1.82) is 0 Å². The fourth-order valence-electron chi connectivity index (χ4n) is 5.91. The normalized spacial score (nSPS) is 13.0. The minimum Gasteiger partial charge on any atom is -0.0654 e. The fraction of sp³-hybridized carbons (Fsp3) is 0.850. The molecule has 0 aromatic rings. The topological polar surface area (TPSA) is 52.6 Å². The molecule has 0 rings (SSSR count). The Morgan fingerprint density at radius 1 is 0.468 bits per heavy atom. The molecule has 4 nitrogen and oxygen atoms in total. The van der Waals surface area contributed by atoms with Gasteiger partial charge >= 0.3 is 225 Å². The third-order valence-electron chi connectivity index (χ3n) is 9.04. The molecule has 0 fully saturated rings. The molecule has 7 heteroatoms. The van der Waals surface area contributed by atoms with E-state index in [1.807, 2.05) is 0 Å². The Morgan fingerprint density at radius 3 is 1.09 bits per heavy atom. The van der Waals surface area contributed by atoms with E-state index in [9.17, 15) is 9.59 Å². The van der Waals surface area contributed by atoms with Crippen molar-refractivity contribution in [3.05, 3.63) is 24.3 Å². The molecule has 47 heavy (non-hydrogen) atoms. The van der Waals surface area contributed by atoms with Crippen molar-refractivity contribution in [2.45, 2.75) is 194 Å². The third-order valence-corrected chi connectivity index (χ3v) is 11.2. The Balaban J connectivity index is 4.01. The molecule has 0 amide bonds. The van der Waals surface area contributed by atoms with Crippen LogP contribution in [-0.2, 0) is 15.7 Å². The van der Waals surface area contributed by atoms with Crippen LogP contribution in [-0.4, -0.2) is 45.4 Å². The number of carbonyl (C=O) groups excluding carboxylic acids is 2. The first-order valence-electron chi connectivity index (χ1n) is 19.8. The first-order valence-corrected chi connectivity index (χ1v) is 23.4. The van der Waals surface area contributed by atoms with Crippen LogP contribution in [0.25, 0.3) is 0 Å². The zero-order valence-electron chi connectivity index (χ0n) is 30.7. The minimum absolute atomic E-state index is 0.136. The van der Waals surface area contributed by atoms with Gasteiger partial charge in [0.25, 0.3) is 0 Å². The summed E-state index contributed by atoms with van der Waals surface area (Å²) in [5.74, 6) is 0.665. The summed E-state index contributed by atoms with van der Waals surface area (Å²) < 4.78 is 11.1. The average molecular weight is 802 g/mol. The van der Waals surface area contributed by atoms with Gasteiger partial charge in [-0.3, -0.25) is 0 Å². The molecular formula is C40H74O4S2Sn. The van der Waals surface area contributed by atoms with Crippen LogP contribution in [0, 0.1) is 11.8 Å². The van der Waals surface area contributed by atoms with Gasteiger partial charge in [-0.15, -0.1) is 0 Å². The Bertz CT molecular complexity index is 686. The zero-order chi connectivity index (χ0) is 34.5. The van der Waals surface area contributed by atoms with Crippen LogP contribution in [0.3, 0.4) is 0 Å². The van der Waals surface area contributed by atoms with Crippen LogP contribution in [0.2, 0.25) is 0 Å². The first kappa shape index (κ1) is 46.9. The standard InChI is InChI=1S/2C20H38O2S.Sn/c2*1-2-3-4-5-6-7-8-9-10-11-12-13-14-15-16-19(17-18-23)20(21)22;/h2*9-10,19,23H,2-8,11-18H2,1H3,(H,21,22);/q;;+2/p-2/b2*10-9-;. The molecule has 0 aliphatic rings. The second-order valence-electron chi connectivity index (χ2n) is 13.4. The van der Waals surface area contributed by atoms with Gasteiger partial charge in [-0.2, -0.15) is 0 Å². The summed E-state index contributed by atoms with van der Waals surface area (Å²) in [7, 11) is 0. The van der Waals surface area contributed by atoms with E-state index >= 15 is 0 Å². The van der Waals surface area contributed by atoms with Crippen molar-refractivity contribution in [2.24, 2.45) is 11.8 Å². The van der Waals surface area contributed by atoms with Crippen LogP contribution in [0.15, 0.2) is 24.3 Å². The summed E-state index contributed by atoms with van der Waals surface area (Å²) in [4.78, 5) is 25.5. The molecule has 2 atom stereocenters. The molecule has 0 aromatic carbocycles. The molecule has 0 saturated carbocycles. The molecule has 0 heterocycles. The maximum atomic E-state index is 12.8. The summed E-state index contributed by atoms with van der Waals surface area (Å²) in [6, 6.07) is 0. The van der Waals surface area contributed by atoms with Gasteiger partial charge < -0.3 is 0 Å². The van der Waals surface area contributed by atoms with E-state index in [1.165, 1.54) is 116 Å². The SMILES string of the molecule is CCCCCCCC/C=C\CCCCCCC(CCS)C(=O)[O][Sn][O]C(=O)C(CCS)CCCCCC/C=C\CCCCCCCC. The zero-order valence-corrected chi connectivity index (χ0v) is 35.3. The van der Waals surface area contributed by atoms with Gasteiger partial charge in [0.1, 0.15) is 0 Å². The summed E-state index contributed by atoms with van der Waals surface area (Å²) in [6.45, 7) is 4.53. The predicted octanol–water partition coefficient (Wildman–Crippen LogP) is 12.8. The fourth-order valence-corrected chi connectivity index (χ4v) is 8.07. The molecule has 0 N–H and O–H groups in total. The molecule has 0 saturated heterocycles. The molecule has 0 aliphatic carbocycles. The van der Waals surface area contributed by atoms with Crippen molar-refractivity contribution in [1.82, 2.24) is 0 Å². The van der Waals surface area contributed by atoms with Crippen LogP contribution in [0.5, 0.6) is 0 Å². The van der Waals surface area contributed by atoms with Crippen LogP contribution < -0.4 is 0 Å². The minimum atomic E-state index is -1.99. The monoisotopic (exact) mass is 802 g/mol. The van der Waals surface area contributed by atoms with Gasteiger partial charge in [-0.1, -0.05) is 78.1 Å². The van der Waals surface area contributed by atoms with E-state index in [2.05, 4.69) is 63.4 Å². The number of hydrogen-bond acceptors (Lipinski definition) is 6. The summed E-state index contributed by atoms with van der Waals surface area (Å²) in [6.07, 6.45) is 42.7. The van der Waals surface area contributed by atoms with Gasteiger partial charge in [-0.05, 0) is 12.8 Å². The number of rotatable bonds is 36. The Kier molecular flexibility index (Phi) is 38.6. The van der Waals surface area contributed by atoms with Gasteiger partial charge in [0, 0.05) is 0 Å². The van der Waals surface area contributed by atoms with Gasteiger partial charge in [0.2, 0.25) is 0 Å². The van der Waals surface area contributed by atoms with Crippen molar-refractivity contribution in [3.63, 3.8) is 0 Å². The quantitative estimate of drug-likeness (QED) is 0.0287. The van der Waals surface area contributed by atoms with Crippen molar-refractivity contribution in [3.8, 4) is 0 Å². The van der Waals surface area contributed by atoms with Crippen LogP contribution in [0.1, 0.15) is 194 Å². The van der Waals surface area contributed by atoms with Crippen LogP contribution in [0.4, 0.5) is 0 Å². The average Bonchev–Trinajstić information content (AvgIpc) is 3.07. The second kappa shape index (κ2) is 38.7. The molecule has 2 radical (unpaired) electrons. The molecule has 2 unspecified atom stereocenters. The number of carbonyl (C=O) groups is 2. The van der Waals surface area contributed by atoms with Crippen molar-refractivity contribution >= 4 is 59.2 Å². The van der Waals surface area contributed by atoms with E-state index in [-0.39, 0.29) is 23.8 Å². The van der Waals surface area contributed by atoms with Crippen molar-refractivity contribution in [2.75, 3.05) is 11.5 Å². The molecule has 0 bridgehead atoms.